The monoisotopic (exact) mass is 644 g/mol. The van der Waals surface area contributed by atoms with Crippen molar-refractivity contribution in [3.8, 4) is 0 Å². The molecule has 0 spiro atoms. The minimum Gasteiger partial charge on any atom is -0.457 e. The summed E-state index contributed by atoms with van der Waals surface area (Å²) in [5.74, 6) is 0. The summed E-state index contributed by atoms with van der Waals surface area (Å²) in [6.45, 7) is 0. The molecule has 0 fully saturated rings. The quantitative estimate of drug-likeness (QED) is 0.162. The summed E-state index contributed by atoms with van der Waals surface area (Å²) >= 11 is 0. The zero-order valence-corrected chi connectivity index (χ0v) is 26.0. The summed E-state index contributed by atoms with van der Waals surface area (Å²) in [4.78, 5) is 0. The van der Waals surface area contributed by atoms with Crippen LogP contribution in [0.2, 0.25) is 0 Å². The molecule has 49 heavy (non-hydrogen) atoms. The number of benzene rings is 7. The Morgan fingerprint density at radius 3 is 0.245 bits per heavy atom. The van der Waals surface area contributed by atoms with Gasteiger partial charge in [0.05, 0.1) is 0 Å². The van der Waals surface area contributed by atoms with Crippen molar-refractivity contribution >= 4 is 78.2 Å². The summed E-state index contributed by atoms with van der Waals surface area (Å²) in [7, 11) is 0. The van der Waals surface area contributed by atoms with Crippen LogP contribution < -0.4 is 0 Å². The van der Waals surface area contributed by atoms with Crippen LogP contribution >= 0.6 is 0 Å². The molecular formula is C42H28O7. The van der Waals surface area contributed by atoms with Crippen molar-refractivity contribution in [3.63, 3.8) is 0 Å². The zero-order chi connectivity index (χ0) is 32.8. The Morgan fingerprint density at radius 1 is 0.122 bits per heavy atom. The maximum atomic E-state index is 6.02. The van der Waals surface area contributed by atoms with Crippen molar-refractivity contribution in [2.75, 3.05) is 0 Å². The molecule has 7 heteroatoms. The highest BCUT2D eigenvalue weighted by Crippen LogP contribution is 2.17. The minimum atomic E-state index is 0.685. The van der Waals surface area contributed by atoms with Gasteiger partial charge in [-0.05, 0) is 170 Å². The fourth-order valence-corrected chi connectivity index (χ4v) is 4.98. The predicted molar refractivity (Wildman–Crippen MR) is 192 cm³/mol. The van der Waals surface area contributed by atoms with E-state index in [-0.39, 0.29) is 0 Å². The molecule has 0 aliphatic heterocycles. The minimum absolute atomic E-state index is 0.685. The predicted octanol–water partition coefficient (Wildman–Crippen LogP) is 13.1. The van der Waals surface area contributed by atoms with E-state index in [1.54, 1.807) is 0 Å². The van der Waals surface area contributed by atoms with Crippen LogP contribution in [0.5, 0.6) is 0 Å². The Balaban J connectivity index is 1.22. The maximum absolute atomic E-state index is 6.02. The first-order valence-electron chi connectivity index (χ1n) is 15.6. The highest BCUT2D eigenvalue weighted by molar-refractivity contribution is 5.62. The molecule has 0 radical (unpaired) electrons. The van der Waals surface area contributed by atoms with E-state index in [0.717, 1.165) is 0 Å². The van der Waals surface area contributed by atoms with Crippen LogP contribution in [0.1, 0.15) is 0 Å². The van der Waals surface area contributed by atoms with Crippen LogP contribution in [0.3, 0.4) is 0 Å². The third kappa shape index (κ3) is 7.59. The lowest BCUT2D eigenvalue weighted by Gasteiger charge is -1.94. The molecule has 14 aromatic heterocycles. The first-order valence-corrected chi connectivity index (χ1v) is 15.6. The van der Waals surface area contributed by atoms with E-state index >= 15 is 0 Å². The fourth-order valence-electron chi connectivity index (χ4n) is 4.98. The maximum Gasteiger partial charge on any atom is 0.127 e. The van der Waals surface area contributed by atoms with E-state index in [2.05, 4.69) is 0 Å². The first kappa shape index (κ1) is 29.5. The Kier molecular flexibility index (Phi) is 8.12. The molecule has 7 nitrogen and oxygen atoms in total. The number of rotatable bonds is 0. The molecule has 14 heterocycles. The van der Waals surface area contributed by atoms with Crippen LogP contribution in [-0.4, -0.2) is 0 Å². The van der Waals surface area contributed by atoms with Gasteiger partial charge >= 0.3 is 0 Å². The SMILES string of the molecule is c1cc2ccc1oc1ccc(cc1)oc1ccc(cc1)oc1ccc(cc1)oc1ccc(cc1)oc1ccc(cc1)oc1ccc(cc1)o2. The molecule has 238 valence electrons. The van der Waals surface area contributed by atoms with E-state index in [0.29, 0.717) is 78.2 Å². The van der Waals surface area contributed by atoms with Gasteiger partial charge in [-0.15, -0.1) is 0 Å². The molecule has 0 saturated carbocycles. The molecule has 0 atom stereocenters. The smallest absolute Gasteiger partial charge is 0.127 e. The third-order valence-electron chi connectivity index (χ3n) is 7.42. The number of hydrogen-bond donors (Lipinski definition) is 0. The molecule has 0 N–H and O–H groups in total. The van der Waals surface area contributed by atoms with E-state index < -0.39 is 0 Å². The largest absolute Gasteiger partial charge is 0.457 e. The van der Waals surface area contributed by atoms with Crippen molar-refractivity contribution in [3.05, 3.63) is 170 Å². The second kappa shape index (κ2) is 13.5. The van der Waals surface area contributed by atoms with Gasteiger partial charge in [0.15, 0.2) is 0 Å². The summed E-state index contributed by atoms with van der Waals surface area (Å²) in [5, 5.41) is 0. The van der Waals surface area contributed by atoms with E-state index in [4.69, 9.17) is 30.9 Å². The number of hydrogen-bond acceptors (Lipinski definition) is 7. The van der Waals surface area contributed by atoms with E-state index in [1.807, 2.05) is 170 Å². The van der Waals surface area contributed by atoms with Crippen LogP contribution in [0, 0.1) is 0 Å². The van der Waals surface area contributed by atoms with E-state index in [1.165, 1.54) is 0 Å². The Morgan fingerprint density at radius 2 is 0.184 bits per heavy atom. The standard InChI is InChI=1S/C42H28O7/c1-2-30-4-3-29(1)43-31-5-7-33(8-6-31)45-35-13-15-37(16-14-35)47-39-21-23-41(24-22-39)49-42-27-25-40(26-28-42)48-38-19-17-36(18-20-38)46-34-11-9-32(44-30)10-12-34/h1-28H. The van der Waals surface area contributed by atoms with Crippen LogP contribution in [0.25, 0.3) is 78.2 Å². The van der Waals surface area contributed by atoms with Crippen molar-refractivity contribution in [1.29, 1.82) is 0 Å². The molecule has 21 aromatic rings. The molecule has 0 aliphatic rings. The second-order valence-electron chi connectivity index (χ2n) is 11.0. The average molecular weight is 645 g/mol. The lowest BCUT2D eigenvalue weighted by Crippen LogP contribution is -1.69. The topological polar surface area (TPSA) is 92.0 Å². The van der Waals surface area contributed by atoms with Gasteiger partial charge in [0.1, 0.15) is 78.2 Å². The molecule has 0 unspecified atom stereocenters. The van der Waals surface area contributed by atoms with Gasteiger partial charge in [-0.3, -0.25) is 0 Å². The first-order chi connectivity index (χ1) is 24.1. The average Bonchev–Trinajstić information content (AvgIpc) is 3.14. The van der Waals surface area contributed by atoms with Crippen molar-refractivity contribution in [1.82, 2.24) is 0 Å². The summed E-state index contributed by atoms with van der Waals surface area (Å²) < 4.78 is 42.2. The Bertz CT molecular complexity index is 1950. The summed E-state index contributed by atoms with van der Waals surface area (Å²) in [6, 6.07) is 52.1. The molecule has 0 amide bonds. The third-order valence-corrected chi connectivity index (χ3v) is 7.42. The van der Waals surface area contributed by atoms with Crippen molar-refractivity contribution in [2.24, 2.45) is 0 Å². The molecule has 7 aromatic carbocycles. The zero-order valence-electron chi connectivity index (χ0n) is 26.0. The van der Waals surface area contributed by atoms with Gasteiger partial charge in [0.2, 0.25) is 0 Å². The van der Waals surface area contributed by atoms with Gasteiger partial charge in [0, 0.05) is 0 Å². The van der Waals surface area contributed by atoms with Crippen LogP contribution in [0.4, 0.5) is 0 Å². The second-order valence-corrected chi connectivity index (χ2v) is 11.0. The highest BCUT2D eigenvalue weighted by Gasteiger charge is 1.95. The Hall–Kier alpha value is -6.86. The van der Waals surface area contributed by atoms with Gasteiger partial charge in [-0.25, -0.2) is 0 Å². The van der Waals surface area contributed by atoms with Crippen LogP contribution in [-0.2, 0) is 0 Å². The molecule has 21 rings (SSSR count). The summed E-state index contributed by atoms with van der Waals surface area (Å²) in [5.41, 5.74) is 9.59. The normalized spacial score (nSPS) is 10.9. The van der Waals surface area contributed by atoms with Crippen molar-refractivity contribution < 1.29 is 30.9 Å². The highest BCUT2D eigenvalue weighted by atomic mass is 16.4. The van der Waals surface area contributed by atoms with Gasteiger partial charge in [-0.1, -0.05) is 0 Å². The van der Waals surface area contributed by atoms with E-state index in [9.17, 15) is 0 Å². The Labute approximate surface area is 278 Å². The van der Waals surface area contributed by atoms with Gasteiger partial charge in [-0.2, -0.15) is 0 Å². The van der Waals surface area contributed by atoms with Gasteiger partial charge in [0.25, 0.3) is 0 Å². The molecule has 0 saturated heterocycles. The van der Waals surface area contributed by atoms with Crippen LogP contribution in [0.15, 0.2) is 201 Å². The fraction of sp³-hybridized carbons (Fsp3) is 0. The lowest BCUT2D eigenvalue weighted by atomic mass is 10.3. The van der Waals surface area contributed by atoms with Crippen molar-refractivity contribution in [2.45, 2.75) is 0 Å². The molecule has 14 bridgehead atoms. The molecule has 0 aliphatic carbocycles. The lowest BCUT2D eigenvalue weighted by molar-refractivity contribution is 0.638. The molecular weight excluding hydrogens is 616 g/mol. The van der Waals surface area contributed by atoms with Gasteiger partial charge < -0.3 is 30.9 Å². The summed E-state index contributed by atoms with van der Waals surface area (Å²) in [6.07, 6.45) is 0.